The van der Waals surface area contributed by atoms with Crippen molar-refractivity contribution in [1.82, 2.24) is 20.0 Å². The van der Waals surface area contributed by atoms with Crippen LogP contribution in [0.15, 0.2) is 54.6 Å². The molecule has 0 aliphatic carbocycles. The van der Waals surface area contributed by atoms with Crippen LogP contribution in [0.25, 0.3) is 0 Å². The van der Waals surface area contributed by atoms with Gasteiger partial charge in [0.05, 0.1) is 19.1 Å². The number of carbonyl (C=O) groups is 4. The molecule has 0 spiro atoms. The lowest BCUT2D eigenvalue weighted by atomic mass is 10.1. The van der Waals surface area contributed by atoms with Crippen LogP contribution in [-0.2, 0) is 20.9 Å². The highest BCUT2D eigenvalue weighted by molar-refractivity contribution is 5.95. The second-order valence-corrected chi connectivity index (χ2v) is 9.36. The average Bonchev–Trinajstić information content (AvgIpc) is 3.38. The summed E-state index contributed by atoms with van der Waals surface area (Å²) in [7, 11) is 3.06. The third-order valence-corrected chi connectivity index (χ3v) is 6.58. The van der Waals surface area contributed by atoms with Gasteiger partial charge in [0, 0.05) is 26.2 Å². The summed E-state index contributed by atoms with van der Waals surface area (Å²) in [5.41, 5.74) is 1.18. The van der Waals surface area contributed by atoms with Crippen LogP contribution in [0.4, 0.5) is 4.79 Å². The molecule has 2 atom stereocenters. The maximum absolute atomic E-state index is 13.4. The van der Waals surface area contributed by atoms with Gasteiger partial charge in [-0.15, -0.1) is 0 Å². The highest BCUT2D eigenvalue weighted by Crippen LogP contribution is 2.21. The van der Waals surface area contributed by atoms with E-state index in [4.69, 9.17) is 9.47 Å². The molecule has 2 aliphatic rings. The zero-order chi connectivity index (χ0) is 26.4. The van der Waals surface area contributed by atoms with Crippen molar-refractivity contribution in [3.8, 4) is 5.75 Å². The quantitative estimate of drug-likeness (QED) is 0.679. The second-order valence-electron chi connectivity index (χ2n) is 9.36. The number of hydrogen-bond acceptors (Lipinski definition) is 6. The molecule has 0 unspecified atom stereocenters. The van der Waals surface area contributed by atoms with Gasteiger partial charge in [-0.3, -0.25) is 14.4 Å². The van der Waals surface area contributed by atoms with Crippen molar-refractivity contribution in [2.24, 2.45) is 0 Å². The maximum atomic E-state index is 13.4. The molecule has 1 N–H and O–H groups in total. The normalized spacial score (nSPS) is 21.0. The van der Waals surface area contributed by atoms with Crippen molar-refractivity contribution in [3.05, 3.63) is 65.7 Å². The van der Waals surface area contributed by atoms with Crippen LogP contribution in [0.5, 0.6) is 5.75 Å². The molecule has 2 heterocycles. The number of fused-ring (bicyclic) bond motifs is 3. The minimum Gasteiger partial charge on any atom is -0.491 e. The molecule has 2 bridgehead atoms. The van der Waals surface area contributed by atoms with Crippen LogP contribution < -0.4 is 10.1 Å². The maximum Gasteiger partial charge on any atom is 0.408 e. The molecule has 4 amide bonds. The minimum absolute atomic E-state index is 0.0276. The first-order valence-electron chi connectivity index (χ1n) is 12.3. The van der Waals surface area contributed by atoms with Crippen molar-refractivity contribution in [3.63, 3.8) is 0 Å². The number of alkyl carbamates (subject to hydrolysis) is 1. The number of ether oxygens (including phenoxy) is 2. The summed E-state index contributed by atoms with van der Waals surface area (Å²) in [4.78, 5) is 56.6. The van der Waals surface area contributed by atoms with E-state index in [-0.39, 0.29) is 37.6 Å². The van der Waals surface area contributed by atoms with Gasteiger partial charge in [-0.05, 0) is 36.6 Å². The highest BCUT2D eigenvalue weighted by Gasteiger charge is 2.33. The predicted octanol–water partition coefficient (Wildman–Crippen LogP) is 1.90. The molecule has 2 aliphatic heterocycles. The van der Waals surface area contributed by atoms with Gasteiger partial charge in [0.1, 0.15) is 25.0 Å². The van der Waals surface area contributed by atoms with Crippen LogP contribution >= 0.6 is 0 Å². The lowest BCUT2D eigenvalue weighted by molar-refractivity contribution is -0.141. The molecular formula is C27H32N4O6. The second kappa shape index (κ2) is 11.8. The van der Waals surface area contributed by atoms with E-state index in [0.717, 1.165) is 18.4 Å². The van der Waals surface area contributed by atoms with E-state index in [1.54, 1.807) is 36.2 Å². The monoisotopic (exact) mass is 508 g/mol. The molecule has 10 nitrogen and oxygen atoms in total. The molecular weight excluding hydrogens is 476 g/mol. The van der Waals surface area contributed by atoms with Crippen LogP contribution in [0, 0.1) is 0 Å². The molecule has 2 aromatic rings. The molecule has 0 aromatic heterocycles. The Bertz CT molecular complexity index is 1140. The molecule has 196 valence electrons. The molecule has 1 fully saturated rings. The Balaban J connectivity index is 1.55. The van der Waals surface area contributed by atoms with Gasteiger partial charge in [-0.2, -0.15) is 0 Å². The first-order chi connectivity index (χ1) is 17.8. The standard InChI is InChI=1S/C27H32N4O6/c1-29-15-23(28-27(35)37-17-19-8-4-3-5-9-19)26(34)30(2)16-24(32)31-13-7-11-21(31)18-36-22-12-6-10-20(14-22)25(29)33/h3-6,8-10,12,14,21,23H,7,11,13,15-18H2,1-2H3,(H,28,35)/t21-,23-/m0/s1. The summed E-state index contributed by atoms with van der Waals surface area (Å²) < 4.78 is 11.2. The Kier molecular flexibility index (Phi) is 8.27. The average molecular weight is 509 g/mol. The lowest BCUT2D eigenvalue weighted by Crippen LogP contribution is -2.55. The Morgan fingerprint density at radius 1 is 1.05 bits per heavy atom. The molecule has 0 saturated carbocycles. The fraction of sp³-hybridized carbons (Fsp3) is 0.407. The highest BCUT2D eigenvalue weighted by atomic mass is 16.5. The molecule has 1 saturated heterocycles. The van der Waals surface area contributed by atoms with Gasteiger partial charge in [0.15, 0.2) is 0 Å². The van der Waals surface area contributed by atoms with Gasteiger partial charge in [0.25, 0.3) is 5.91 Å². The first kappa shape index (κ1) is 26.0. The zero-order valence-electron chi connectivity index (χ0n) is 21.1. The number of benzene rings is 2. The Hall–Kier alpha value is -4.08. The Morgan fingerprint density at radius 2 is 1.84 bits per heavy atom. The molecule has 37 heavy (non-hydrogen) atoms. The number of amides is 4. The summed E-state index contributed by atoms with van der Waals surface area (Å²) in [6, 6.07) is 14.7. The molecule has 4 rings (SSSR count). The summed E-state index contributed by atoms with van der Waals surface area (Å²) in [6.07, 6.45) is 0.844. The SMILES string of the molecule is CN1C[C@H](NC(=O)OCc2ccccc2)C(=O)N(C)CC(=O)N2CCC[C@H]2COc2cccc(c2)C1=O. The third kappa shape index (κ3) is 6.58. The van der Waals surface area contributed by atoms with E-state index in [9.17, 15) is 19.2 Å². The minimum atomic E-state index is -1.12. The van der Waals surface area contributed by atoms with E-state index in [1.165, 1.54) is 16.8 Å². The van der Waals surface area contributed by atoms with E-state index in [1.807, 2.05) is 30.3 Å². The zero-order valence-corrected chi connectivity index (χ0v) is 21.1. The Morgan fingerprint density at radius 3 is 2.62 bits per heavy atom. The van der Waals surface area contributed by atoms with Gasteiger partial charge >= 0.3 is 6.09 Å². The molecule has 2 aromatic carbocycles. The smallest absolute Gasteiger partial charge is 0.408 e. The van der Waals surface area contributed by atoms with Crippen LogP contribution in [-0.4, -0.2) is 90.9 Å². The summed E-state index contributed by atoms with van der Waals surface area (Å²) in [5.74, 6) is -0.500. The topological polar surface area (TPSA) is 108 Å². The number of nitrogens with zero attached hydrogens (tertiary/aromatic N) is 3. The van der Waals surface area contributed by atoms with Crippen molar-refractivity contribution >= 4 is 23.8 Å². The van der Waals surface area contributed by atoms with E-state index in [0.29, 0.717) is 24.5 Å². The van der Waals surface area contributed by atoms with Gasteiger partial charge in [-0.1, -0.05) is 36.4 Å². The molecule has 0 radical (unpaired) electrons. The van der Waals surface area contributed by atoms with Crippen molar-refractivity contribution in [2.75, 3.05) is 40.3 Å². The summed E-state index contributed by atoms with van der Waals surface area (Å²) in [6.45, 7) is 0.643. The first-order valence-corrected chi connectivity index (χ1v) is 12.3. The lowest BCUT2D eigenvalue weighted by Gasteiger charge is -2.30. The van der Waals surface area contributed by atoms with Crippen molar-refractivity contribution in [2.45, 2.75) is 31.5 Å². The van der Waals surface area contributed by atoms with E-state index >= 15 is 0 Å². The Labute approximate surface area is 216 Å². The summed E-state index contributed by atoms with van der Waals surface area (Å²) in [5, 5.41) is 2.58. The van der Waals surface area contributed by atoms with Crippen molar-refractivity contribution in [1.29, 1.82) is 0 Å². The third-order valence-electron chi connectivity index (χ3n) is 6.58. The van der Waals surface area contributed by atoms with Crippen LogP contribution in [0.2, 0.25) is 0 Å². The summed E-state index contributed by atoms with van der Waals surface area (Å²) >= 11 is 0. The number of rotatable bonds is 3. The number of nitrogens with one attached hydrogen (secondary N) is 1. The van der Waals surface area contributed by atoms with Gasteiger partial charge in [0.2, 0.25) is 11.8 Å². The van der Waals surface area contributed by atoms with Gasteiger partial charge < -0.3 is 29.5 Å². The van der Waals surface area contributed by atoms with Crippen LogP contribution in [0.1, 0.15) is 28.8 Å². The van der Waals surface area contributed by atoms with E-state index in [2.05, 4.69) is 5.32 Å². The van der Waals surface area contributed by atoms with Crippen LogP contribution in [0.3, 0.4) is 0 Å². The number of carbonyl (C=O) groups excluding carboxylic acids is 4. The van der Waals surface area contributed by atoms with E-state index < -0.39 is 18.0 Å². The van der Waals surface area contributed by atoms with Gasteiger partial charge in [-0.25, -0.2) is 4.79 Å². The fourth-order valence-corrected chi connectivity index (χ4v) is 4.56. The predicted molar refractivity (Wildman–Crippen MR) is 135 cm³/mol. The number of hydrogen-bond donors (Lipinski definition) is 1. The van der Waals surface area contributed by atoms with Crippen molar-refractivity contribution < 1.29 is 28.7 Å². The molecule has 10 heteroatoms. The number of likely N-dealkylation sites (N-methyl/N-ethyl adjacent to an activating group) is 2. The largest absolute Gasteiger partial charge is 0.491 e. The fourth-order valence-electron chi connectivity index (χ4n) is 4.56.